The van der Waals surface area contributed by atoms with Crippen LogP contribution in [0.1, 0.15) is 36.6 Å². The van der Waals surface area contributed by atoms with Crippen molar-refractivity contribution in [3.8, 4) is 5.69 Å². The Kier molecular flexibility index (Phi) is 5.85. The molecule has 0 aliphatic rings. The van der Waals surface area contributed by atoms with Gasteiger partial charge in [-0.05, 0) is 42.7 Å². The fourth-order valence-electron chi connectivity index (χ4n) is 3.50. The van der Waals surface area contributed by atoms with Crippen LogP contribution in [0.3, 0.4) is 0 Å². The summed E-state index contributed by atoms with van der Waals surface area (Å²) in [5.74, 6) is -0.690. The number of rotatable bonds is 6. The van der Waals surface area contributed by atoms with E-state index in [9.17, 15) is 14.0 Å². The molecule has 0 atom stereocenters. The molecule has 0 aliphatic heterocycles. The molecule has 0 radical (unpaired) electrons. The molecule has 2 aromatic heterocycles. The summed E-state index contributed by atoms with van der Waals surface area (Å²) in [7, 11) is 0. The number of fused-ring (bicyclic) bond motifs is 1. The minimum absolute atomic E-state index is 0.00541. The summed E-state index contributed by atoms with van der Waals surface area (Å²) in [6, 6.07) is 13.6. The van der Waals surface area contributed by atoms with E-state index in [1.807, 2.05) is 45.0 Å². The second kappa shape index (κ2) is 8.74. The summed E-state index contributed by atoms with van der Waals surface area (Å²) >= 11 is 0. The van der Waals surface area contributed by atoms with E-state index in [2.05, 4.69) is 15.5 Å². The smallest absolute Gasteiger partial charge is 0.293 e. The molecule has 0 fully saturated rings. The van der Waals surface area contributed by atoms with E-state index in [0.717, 1.165) is 11.1 Å². The van der Waals surface area contributed by atoms with Crippen LogP contribution in [0, 0.1) is 12.7 Å². The number of carbonyl (C=O) groups excluding carboxylic acids is 1. The Morgan fingerprint density at radius 1 is 1.09 bits per heavy atom. The van der Waals surface area contributed by atoms with Crippen LogP contribution in [0.2, 0.25) is 0 Å². The summed E-state index contributed by atoms with van der Waals surface area (Å²) in [6.45, 7) is 6.07. The van der Waals surface area contributed by atoms with Gasteiger partial charge < -0.3 is 5.32 Å². The Bertz CT molecular complexity index is 1320. The van der Waals surface area contributed by atoms with E-state index in [1.54, 1.807) is 18.3 Å². The zero-order valence-electron chi connectivity index (χ0n) is 18.2. The molecule has 1 N–H and O–H groups in total. The third-order valence-electron chi connectivity index (χ3n) is 5.23. The van der Waals surface area contributed by atoms with Crippen LogP contribution >= 0.6 is 0 Å². The first kappa shape index (κ1) is 21.4. The van der Waals surface area contributed by atoms with Gasteiger partial charge in [0.05, 0.1) is 17.6 Å². The lowest BCUT2D eigenvalue weighted by molar-refractivity contribution is -0.122. The number of halogens is 1. The van der Waals surface area contributed by atoms with Gasteiger partial charge in [0.25, 0.3) is 5.56 Å². The Morgan fingerprint density at radius 2 is 1.78 bits per heavy atom. The Morgan fingerprint density at radius 3 is 2.44 bits per heavy atom. The predicted molar refractivity (Wildman–Crippen MR) is 120 cm³/mol. The average Bonchev–Trinajstić information content (AvgIpc) is 3.21. The number of nitrogens with zero attached hydrogens (tertiary/aromatic N) is 4. The number of benzene rings is 2. The fraction of sp³-hybridized carbons (Fsp3) is 0.250. The summed E-state index contributed by atoms with van der Waals surface area (Å²) < 4.78 is 16.0. The summed E-state index contributed by atoms with van der Waals surface area (Å²) in [5.41, 5.74) is 3.20. The van der Waals surface area contributed by atoms with E-state index < -0.39 is 5.56 Å². The maximum atomic E-state index is 13.4. The zero-order chi connectivity index (χ0) is 22.8. The Balaban J connectivity index is 1.67. The molecular weight excluding hydrogens is 409 g/mol. The molecule has 2 aromatic carbocycles. The van der Waals surface area contributed by atoms with Crippen LogP contribution in [0.4, 0.5) is 4.39 Å². The molecule has 0 saturated heterocycles. The standard InChI is InChI=1S/C24H24FN5O2/c1-15(2)22-20-13-27-30(19-10-8-18(25)9-11-19)23(20)24(32)29(28-22)14-21(31)26-12-17-6-4-16(3)5-7-17/h4-11,13,15H,12,14H2,1-3H3,(H,26,31). The molecule has 4 rings (SSSR count). The number of amides is 1. The van der Waals surface area contributed by atoms with Crippen molar-refractivity contribution in [2.45, 2.75) is 39.8 Å². The first-order chi connectivity index (χ1) is 15.3. The number of aromatic nitrogens is 4. The Labute approximate surface area is 184 Å². The van der Waals surface area contributed by atoms with Gasteiger partial charge in [-0.15, -0.1) is 0 Å². The molecule has 164 valence electrons. The molecular formula is C24H24FN5O2. The van der Waals surface area contributed by atoms with Crippen LogP contribution in [-0.2, 0) is 17.9 Å². The van der Waals surface area contributed by atoms with Crippen LogP contribution in [0.5, 0.6) is 0 Å². The highest BCUT2D eigenvalue weighted by atomic mass is 19.1. The van der Waals surface area contributed by atoms with E-state index in [-0.39, 0.29) is 24.2 Å². The topological polar surface area (TPSA) is 81.8 Å². The molecule has 8 heteroatoms. The summed E-state index contributed by atoms with van der Waals surface area (Å²) in [6.07, 6.45) is 1.59. The lowest BCUT2D eigenvalue weighted by atomic mass is 10.1. The SMILES string of the molecule is Cc1ccc(CNC(=O)Cn2nc(C(C)C)c3cnn(-c4ccc(F)cc4)c3c2=O)cc1. The van der Waals surface area contributed by atoms with Crippen molar-refractivity contribution in [1.29, 1.82) is 0 Å². The number of hydrogen-bond donors (Lipinski definition) is 1. The van der Waals surface area contributed by atoms with Crippen LogP contribution in [0.25, 0.3) is 16.6 Å². The van der Waals surface area contributed by atoms with E-state index in [0.29, 0.717) is 28.8 Å². The fourth-order valence-corrected chi connectivity index (χ4v) is 3.50. The molecule has 0 unspecified atom stereocenters. The van der Waals surface area contributed by atoms with E-state index >= 15 is 0 Å². The number of hydrogen-bond acceptors (Lipinski definition) is 4. The van der Waals surface area contributed by atoms with Crippen molar-refractivity contribution >= 4 is 16.8 Å². The van der Waals surface area contributed by atoms with Crippen LogP contribution in [0.15, 0.2) is 59.5 Å². The first-order valence-electron chi connectivity index (χ1n) is 10.4. The highest BCUT2D eigenvalue weighted by Gasteiger charge is 2.20. The normalized spacial score (nSPS) is 11.3. The molecule has 7 nitrogen and oxygen atoms in total. The number of aryl methyl sites for hydroxylation is 1. The molecule has 1 amide bonds. The second-order valence-corrected chi connectivity index (χ2v) is 8.06. The third kappa shape index (κ3) is 4.30. The second-order valence-electron chi connectivity index (χ2n) is 8.06. The number of carbonyl (C=O) groups is 1. The Hall–Kier alpha value is -3.81. The maximum Gasteiger partial charge on any atom is 0.293 e. The largest absolute Gasteiger partial charge is 0.350 e. The van der Waals surface area contributed by atoms with Gasteiger partial charge in [0, 0.05) is 11.9 Å². The van der Waals surface area contributed by atoms with Crippen molar-refractivity contribution in [2.24, 2.45) is 0 Å². The van der Waals surface area contributed by atoms with Gasteiger partial charge in [0.2, 0.25) is 5.91 Å². The molecule has 4 aromatic rings. The quantitative estimate of drug-likeness (QED) is 0.505. The lowest BCUT2D eigenvalue weighted by Crippen LogP contribution is -2.34. The van der Waals surface area contributed by atoms with Gasteiger partial charge in [-0.25, -0.2) is 13.8 Å². The van der Waals surface area contributed by atoms with Crippen molar-refractivity contribution in [2.75, 3.05) is 0 Å². The monoisotopic (exact) mass is 433 g/mol. The highest BCUT2D eigenvalue weighted by molar-refractivity contribution is 5.82. The van der Waals surface area contributed by atoms with Gasteiger partial charge in [0.15, 0.2) is 0 Å². The van der Waals surface area contributed by atoms with Crippen molar-refractivity contribution in [3.05, 3.63) is 87.7 Å². The molecule has 32 heavy (non-hydrogen) atoms. The highest BCUT2D eigenvalue weighted by Crippen LogP contribution is 2.23. The average molecular weight is 433 g/mol. The van der Waals surface area contributed by atoms with Gasteiger partial charge >= 0.3 is 0 Å². The van der Waals surface area contributed by atoms with Gasteiger partial charge in [0.1, 0.15) is 17.9 Å². The maximum absolute atomic E-state index is 13.4. The van der Waals surface area contributed by atoms with Crippen molar-refractivity contribution < 1.29 is 9.18 Å². The zero-order valence-corrected chi connectivity index (χ0v) is 18.2. The predicted octanol–water partition coefficient (Wildman–Crippen LogP) is 3.47. The number of nitrogens with one attached hydrogen (secondary N) is 1. The molecule has 0 bridgehead atoms. The van der Waals surface area contributed by atoms with Gasteiger partial charge in [-0.1, -0.05) is 43.7 Å². The minimum atomic E-state index is -0.434. The molecule has 2 heterocycles. The van der Waals surface area contributed by atoms with Crippen molar-refractivity contribution in [1.82, 2.24) is 24.9 Å². The van der Waals surface area contributed by atoms with Crippen molar-refractivity contribution in [3.63, 3.8) is 0 Å². The lowest BCUT2D eigenvalue weighted by Gasteiger charge is -2.12. The van der Waals surface area contributed by atoms with Gasteiger partial charge in [-0.2, -0.15) is 10.2 Å². The van der Waals surface area contributed by atoms with E-state index in [1.165, 1.54) is 21.5 Å². The van der Waals surface area contributed by atoms with Gasteiger partial charge in [-0.3, -0.25) is 9.59 Å². The summed E-state index contributed by atoms with van der Waals surface area (Å²) in [5, 5.41) is 12.3. The van der Waals surface area contributed by atoms with E-state index in [4.69, 9.17) is 0 Å². The molecule has 0 aliphatic carbocycles. The third-order valence-corrected chi connectivity index (χ3v) is 5.23. The summed E-state index contributed by atoms with van der Waals surface area (Å²) in [4.78, 5) is 25.8. The molecule has 0 saturated carbocycles. The minimum Gasteiger partial charge on any atom is -0.350 e. The van der Waals surface area contributed by atoms with Crippen LogP contribution < -0.4 is 10.9 Å². The first-order valence-corrected chi connectivity index (χ1v) is 10.4. The molecule has 0 spiro atoms. The van der Waals surface area contributed by atoms with Crippen LogP contribution in [-0.4, -0.2) is 25.5 Å².